The lowest BCUT2D eigenvalue weighted by atomic mass is 10.1. The number of halogens is 2. The van der Waals surface area contributed by atoms with Gasteiger partial charge in [0.05, 0.1) is 15.0 Å². The molecule has 0 fully saturated rings. The summed E-state index contributed by atoms with van der Waals surface area (Å²) in [6, 6.07) is 15.6. The molecule has 18 heavy (non-hydrogen) atoms. The second-order valence-electron chi connectivity index (χ2n) is 3.88. The van der Waals surface area contributed by atoms with E-state index in [2.05, 4.69) is 31.9 Å². The van der Waals surface area contributed by atoms with Crippen LogP contribution in [0.15, 0.2) is 57.5 Å². The topological polar surface area (TPSA) is 35.2 Å². The molecule has 4 heteroatoms. The van der Waals surface area contributed by atoms with E-state index < -0.39 is 0 Å². The first kappa shape index (κ1) is 13.6. The average Bonchev–Trinajstić information content (AvgIpc) is 2.39. The summed E-state index contributed by atoms with van der Waals surface area (Å²) >= 11 is 6.92. The molecule has 2 nitrogen and oxygen atoms in total. The highest BCUT2D eigenvalue weighted by Gasteiger charge is 2.10. The van der Waals surface area contributed by atoms with E-state index in [1.54, 1.807) is 0 Å². The Kier molecular flexibility index (Phi) is 4.80. The van der Waals surface area contributed by atoms with Crippen LogP contribution in [0.4, 0.5) is 0 Å². The summed E-state index contributed by atoms with van der Waals surface area (Å²) in [4.78, 5) is 0. The first-order valence-electron chi connectivity index (χ1n) is 5.56. The number of hydrogen-bond donors (Lipinski definition) is 1. The minimum Gasteiger partial charge on any atom is -0.489 e. The molecule has 0 aromatic heterocycles. The lowest BCUT2D eigenvalue weighted by Gasteiger charge is -2.15. The van der Waals surface area contributed by atoms with Gasteiger partial charge in [0.25, 0.3) is 0 Å². The Balaban J connectivity index is 2.04. The summed E-state index contributed by atoms with van der Waals surface area (Å²) in [7, 11) is 0. The summed E-state index contributed by atoms with van der Waals surface area (Å²) in [5.74, 6) is 0.781. The lowest BCUT2D eigenvalue weighted by molar-refractivity contribution is 0.287. The maximum atomic E-state index is 6.09. The molecule has 0 amide bonds. The van der Waals surface area contributed by atoms with Gasteiger partial charge in [-0.2, -0.15) is 0 Å². The highest BCUT2D eigenvalue weighted by molar-refractivity contribution is 9.11. The zero-order chi connectivity index (χ0) is 13.0. The van der Waals surface area contributed by atoms with Gasteiger partial charge in [-0.1, -0.05) is 36.4 Å². The van der Waals surface area contributed by atoms with E-state index in [1.807, 2.05) is 48.5 Å². The number of rotatable bonds is 4. The van der Waals surface area contributed by atoms with Crippen molar-refractivity contribution >= 4 is 31.9 Å². The third-order valence-electron chi connectivity index (χ3n) is 2.55. The van der Waals surface area contributed by atoms with Gasteiger partial charge in [-0.3, -0.25) is 0 Å². The SMILES string of the molecule is NC(COc1c(Br)cccc1Br)c1ccccc1. The summed E-state index contributed by atoms with van der Waals surface area (Å²) in [5, 5.41) is 0. The van der Waals surface area contributed by atoms with Crippen molar-refractivity contribution in [2.45, 2.75) is 6.04 Å². The zero-order valence-electron chi connectivity index (χ0n) is 9.64. The van der Waals surface area contributed by atoms with E-state index in [4.69, 9.17) is 10.5 Å². The Morgan fingerprint density at radius 2 is 1.56 bits per heavy atom. The van der Waals surface area contributed by atoms with Gasteiger partial charge in [0.2, 0.25) is 0 Å². The number of para-hydroxylation sites is 1. The normalized spacial score (nSPS) is 12.2. The van der Waals surface area contributed by atoms with Crippen molar-refractivity contribution in [2.24, 2.45) is 5.73 Å². The van der Waals surface area contributed by atoms with E-state index >= 15 is 0 Å². The van der Waals surface area contributed by atoms with Crippen LogP contribution in [-0.4, -0.2) is 6.61 Å². The second-order valence-corrected chi connectivity index (χ2v) is 5.59. The van der Waals surface area contributed by atoms with Crippen molar-refractivity contribution in [3.8, 4) is 5.75 Å². The van der Waals surface area contributed by atoms with Crippen LogP contribution in [0.3, 0.4) is 0 Å². The van der Waals surface area contributed by atoms with Crippen LogP contribution in [0, 0.1) is 0 Å². The number of nitrogens with two attached hydrogens (primary N) is 1. The molecular weight excluding hydrogens is 358 g/mol. The van der Waals surface area contributed by atoms with Crippen molar-refractivity contribution in [3.63, 3.8) is 0 Å². The molecule has 0 heterocycles. The fraction of sp³-hybridized carbons (Fsp3) is 0.143. The van der Waals surface area contributed by atoms with Crippen LogP contribution >= 0.6 is 31.9 Å². The van der Waals surface area contributed by atoms with E-state index in [9.17, 15) is 0 Å². The third kappa shape index (κ3) is 3.34. The molecule has 1 unspecified atom stereocenters. The van der Waals surface area contributed by atoms with Crippen LogP contribution in [0.5, 0.6) is 5.75 Å². The van der Waals surface area contributed by atoms with Gasteiger partial charge in [-0.15, -0.1) is 0 Å². The zero-order valence-corrected chi connectivity index (χ0v) is 12.8. The summed E-state index contributed by atoms with van der Waals surface area (Å²) in [6.07, 6.45) is 0. The quantitative estimate of drug-likeness (QED) is 0.871. The van der Waals surface area contributed by atoms with E-state index in [-0.39, 0.29) is 6.04 Å². The highest BCUT2D eigenvalue weighted by Crippen LogP contribution is 2.33. The number of ether oxygens (including phenoxy) is 1. The van der Waals surface area contributed by atoms with Crippen molar-refractivity contribution in [1.29, 1.82) is 0 Å². The largest absolute Gasteiger partial charge is 0.489 e. The van der Waals surface area contributed by atoms with E-state index in [0.717, 1.165) is 20.3 Å². The van der Waals surface area contributed by atoms with Crippen LogP contribution in [-0.2, 0) is 0 Å². The number of hydrogen-bond acceptors (Lipinski definition) is 2. The van der Waals surface area contributed by atoms with Gasteiger partial charge in [0, 0.05) is 0 Å². The summed E-state index contributed by atoms with van der Waals surface area (Å²) in [6.45, 7) is 0.436. The van der Waals surface area contributed by atoms with Gasteiger partial charge in [0.15, 0.2) is 0 Å². The van der Waals surface area contributed by atoms with Crippen molar-refractivity contribution in [1.82, 2.24) is 0 Å². The van der Waals surface area contributed by atoms with E-state index in [1.165, 1.54) is 0 Å². The molecule has 94 valence electrons. The molecule has 0 radical (unpaired) electrons. The van der Waals surface area contributed by atoms with E-state index in [0.29, 0.717) is 6.61 Å². The lowest BCUT2D eigenvalue weighted by Crippen LogP contribution is -2.19. The third-order valence-corrected chi connectivity index (χ3v) is 3.80. The number of benzene rings is 2. The molecule has 0 bridgehead atoms. The molecule has 2 aromatic rings. The molecule has 2 N–H and O–H groups in total. The molecule has 0 saturated carbocycles. The molecular formula is C14H13Br2NO. The Morgan fingerprint density at radius 1 is 0.944 bits per heavy atom. The molecule has 0 spiro atoms. The Labute approximate surface area is 123 Å². The minimum atomic E-state index is -0.134. The first-order valence-corrected chi connectivity index (χ1v) is 7.14. The van der Waals surface area contributed by atoms with Gasteiger partial charge in [-0.25, -0.2) is 0 Å². The highest BCUT2D eigenvalue weighted by atomic mass is 79.9. The molecule has 2 rings (SSSR count). The Morgan fingerprint density at radius 3 is 2.17 bits per heavy atom. The maximum Gasteiger partial charge on any atom is 0.147 e. The average molecular weight is 371 g/mol. The van der Waals surface area contributed by atoms with Crippen molar-refractivity contribution in [3.05, 3.63) is 63.0 Å². The monoisotopic (exact) mass is 369 g/mol. The van der Waals surface area contributed by atoms with Crippen LogP contribution in [0.2, 0.25) is 0 Å². The smallest absolute Gasteiger partial charge is 0.147 e. The van der Waals surface area contributed by atoms with Gasteiger partial charge >= 0.3 is 0 Å². The van der Waals surface area contributed by atoms with Gasteiger partial charge < -0.3 is 10.5 Å². The fourth-order valence-corrected chi connectivity index (χ4v) is 2.82. The molecule has 0 aliphatic heterocycles. The molecule has 0 saturated heterocycles. The molecule has 0 aliphatic rings. The molecule has 2 aromatic carbocycles. The molecule has 0 aliphatic carbocycles. The minimum absolute atomic E-state index is 0.134. The van der Waals surface area contributed by atoms with Crippen LogP contribution in [0.25, 0.3) is 0 Å². The Hall–Kier alpha value is -0.840. The predicted molar refractivity (Wildman–Crippen MR) is 80.7 cm³/mol. The standard InChI is InChI=1S/C14H13Br2NO/c15-11-7-4-8-12(16)14(11)18-9-13(17)10-5-2-1-3-6-10/h1-8,13H,9,17H2. The van der Waals surface area contributed by atoms with Crippen molar-refractivity contribution < 1.29 is 4.74 Å². The molecule has 1 atom stereocenters. The van der Waals surface area contributed by atoms with Crippen molar-refractivity contribution in [2.75, 3.05) is 6.61 Å². The van der Waals surface area contributed by atoms with Gasteiger partial charge in [-0.05, 0) is 49.6 Å². The van der Waals surface area contributed by atoms with Crippen LogP contribution < -0.4 is 10.5 Å². The maximum absolute atomic E-state index is 6.09. The summed E-state index contributed by atoms with van der Waals surface area (Å²) in [5.41, 5.74) is 7.16. The first-order chi connectivity index (χ1) is 8.68. The van der Waals surface area contributed by atoms with Crippen LogP contribution in [0.1, 0.15) is 11.6 Å². The Bertz CT molecular complexity index is 496. The fourth-order valence-electron chi connectivity index (χ4n) is 1.59. The van der Waals surface area contributed by atoms with Gasteiger partial charge in [0.1, 0.15) is 12.4 Å². The predicted octanol–water partition coefficient (Wildman–Crippen LogP) is 4.29. The summed E-state index contributed by atoms with van der Waals surface area (Å²) < 4.78 is 7.59. The second kappa shape index (κ2) is 6.36.